The second kappa shape index (κ2) is 7.61. The van der Waals surface area contributed by atoms with E-state index in [0.29, 0.717) is 15.9 Å². The maximum atomic E-state index is 12.1. The number of amides is 2. The highest BCUT2D eigenvalue weighted by molar-refractivity contribution is 8.15. The molecular weight excluding hydrogens is 336 g/mol. The fourth-order valence-corrected chi connectivity index (χ4v) is 2.92. The Morgan fingerprint density at radius 3 is 2.87 bits per heavy atom. The minimum atomic E-state index is -0.513. The predicted molar refractivity (Wildman–Crippen MR) is 95.2 cm³/mol. The van der Waals surface area contributed by atoms with Crippen LogP contribution in [0.4, 0.5) is 5.69 Å². The highest BCUT2D eigenvalue weighted by Crippen LogP contribution is 2.24. The Kier molecular flexibility index (Phi) is 5.79. The molecule has 0 radical (unpaired) electrons. The van der Waals surface area contributed by atoms with E-state index < -0.39 is 5.25 Å². The Balaban J connectivity index is 1.98. The lowest BCUT2D eigenvalue weighted by Crippen LogP contribution is -2.28. The molecule has 6 nitrogen and oxygen atoms in total. The van der Waals surface area contributed by atoms with Crippen LogP contribution in [0.5, 0.6) is 0 Å². The zero-order valence-corrected chi connectivity index (χ0v) is 14.6. The number of hydrogen-bond donors (Lipinski definition) is 2. The minimum Gasteiger partial charge on any atom is -0.326 e. The molecule has 8 heteroatoms. The second-order valence-electron chi connectivity index (χ2n) is 5.26. The van der Waals surface area contributed by atoms with Crippen LogP contribution in [0.25, 0.3) is 0 Å². The van der Waals surface area contributed by atoms with E-state index in [-0.39, 0.29) is 18.2 Å². The lowest BCUT2D eigenvalue weighted by Gasteiger charge is -2.10. The number of halogens is 1. The smallest absolute Gasteiger partial charge is 0.240 e. The molecular formula is C15H17ClN4O2S. The summed E-state index contributed by atoms with van der Waals surface area (Å²) in [5, 5.41) is 13.7. The van der Waals surface area contributed by atoms with Gasteiger partial charge in [-0.2, -0.15) is 5.10 Å². The second-order valence-corrected chi connectivity index (χ2v) is 6.89. The molecule has 0 bridgehead atoms. The summed E-state index contributed by atoms with van der Waals surface area (Å²) >= 11 is 7.13. The van der Waals surface area contributed by atoms with E-state index in [4.69, 9.17) is 11.6 Å². The SMILES string of the molecule is CC(C)=N/N=C1\NC(=O)[C@H](CC(=O)Nc2cc(Cl)ccc2C)S1. The maximum absolute atomic E-state index is 12.1. The van der Waals surface area contributed by atoms with Crippen LogP contribution in [0, 0.1) is 6.92 Å². The van der Waals surface area contributed by atoms with Gasteiger partial charge in [0, 0.05) is 22.8 Å². The minimum absolute atomic E-state index is 0.0519. The highest BCUT2D eigenvalue weighted by Gasteiger charge is 2.32. The van der Waals surface area contributed by atoms with E-state index >= 15 is 0 Å². The van der Waals surface area contributed by atoms with Gasteiger partial charge >= 0.3 is 0 Å². The van der Waals surface area contributed by atoms with Gasteiger partial charge in [-0.05, 0) is 38.5 Å². The monoisotopic (exact) mass is 352 g/mol. The van der Waals surface area contributed by atoms with Crippen molar-refractivity contribution in [2.45, 2.75) is 32.4 Å². The van der Waals surface area contributed by atoms with Crippen LogP contribution < -0.4 is 10.6 Å². The van der Waals surface area contributed by atoms with Crippen molar-refractivity contribution in [1.29, 1.82) is 0 Å². The molecule has 0 saturated carbocycles. The number of anilines is 1. The average Bonchev–Trinajstić information content (AvgIpc) is 2.81. The van der Waals surface area contributed by atoms with Crippen molar-refractivity contribution >= 4 is 51.7 Å². The third kappa shape index (κ3) is 5.07. The Bertz CT molecular complexity index is 699. The molecule has 1 heterocycles. The van der Waals surface area contributed by atoms with E-state index in [1.165, 1.54) is 11.8 Å². The van der Waals surface area contributed by atoms with Crippen LogP contribution in [0.15, 0.2) is 28.4 Å². The van der Waals surface area contributed by atoms with Crippen molar-refractivity contribution in [2.24, 2.45) is 10.2 Å². The normalized spacial score (nSPS) is 18.7. The van der Waals surface area contributed by atoms with Crippen LogP contribution in [0.1, 0.15) is 25.8 Å². The Hall–Kier alpha value is -1.86. The average molecular weight is 353 g/mol. The van der Waals surface area contributed by atoms with Gasteiger partial charge in [0.2, 0.25) is 11.8 Å². The summed E-state index contributed by atoms with van der Waals surface area (Å²) in [6.45, 7) is 5.49. The first kappa shape index (κ1) is 17.5. The molecule has 2 amide bonds. The van der Waals surface area contributed by atoms with Gasteiger partial charge in [-0.1, -0.05) is 29.4 Å². The van der Waals surface area contributed by atoms with Gasteiger partial charge in [0.15, 0.2) is 5.17 Å². The lowest BCUT2D eigenvalue weighted by molar-refractivity contribution is -0.122. The summed E-state index contributed by atoms with van der Waals surface area (Å²) in [6, 6.07) is 5.26. The maximum Gasteiger partial charge on any atom is 0.240 e. The Morgan fingerprint density at radius 2 is 2.17 bits per heavy atom. The number of carbonyl (C=O) groups excluding carboxylic acids is 2. The standard InChI is InChI=1S/C15H17ClN4O2S/c1-8(2)19-20-15-18-14(22)12(23-15)7-13(21)17-11-6-10(16)5-4-9(11)3/h4-6,12H,7H2,1-3H3,(H,17,21)(H,18,20,22)/t12-/m0/s1. The molecule has 0 spiro atoms. The number of thioether (sulfide) groups is 1. The molecule has 0 aliphatic carbocycles. The van der Waals surface area contributed by atoms with Crippen molar-refractivity contribution in [3.8, 4) is 0 Å². The molecule has 122 valence electrons. The highest BCUT2D eigenvalue weighted by atomic mass is 35.5. The number of rotatable bonds is 4. The summed E-state index contributed by atoms with van der Waals surface area (Å²) in [7, 11) is 0. The number of nitrogens with zero attached hydrogens (tertiary/aromatic N) is 2. The van der Waals surface area contributed by atoms with Gasteiger partial charge in [0.25, 0.3) is 0 Å². The number of carbonyl (C=O) groups is 2. The zero-order valence-electron chi connectivity index (χ0n) is 13.0. The predicted octanol–water partition coefficient (Wildman–Crippen LogP) is 2.96. The van der Waals surface area contributed by atoms with Crippen molar-refractivity contribution in [3.63, 3.8) is 0 Å². The van der Waals surface area contributed by atoms with Gasteiger partial charge in [-0.3, -0.25) is 9.59 Å². The third-order valence-corrected chi connectivity index (χ3v) is 4.27. The zero-order chi connectivity index (χ0) is 17.0. The van der Waals surface area contributed by atoms with Crippen molar-refractivity contribution in [2.75, 3.05) is 5.32 Å². The lowest BCUT2D eigenvalue weighted by atomic mass is 10.2. The Labute approximate surface area is 143 Å². The number of hydrogen-bond acceptors (Lipinski definition) is 5. The molecule has 2 N–H and O–H groups in total. The summed E-state index contributed by atoms with van der Waals surface area (Å²) in [5.74, 6) is -0.491. The summed E-state index contributed by atoms with van der Waals surface area (Å²) in [4.78, 5) is 24.0. The molecule has 2 rings (SSSR count). The van der Waals surface area contributed by atoms with Gasteiger partial charge in [0.05, 0.1) is 0 Å². The van der Waals surface area contributed by atoms with Gasteiger partial charge in [-0.15, -0.1) is 5.10 Å². The fourth-order valence-electron chi connectivity index (χ4n) is 1.83. The molecule has 0 unspecified atom stereocenters. The fraction of sp³-hybridized carbons (Fsp3) is 0.333. The summed E-state index contributed by atoms with van der Waals surface area (Å²) in [5.41, 5.74) is 2.33. The molecule has 0 aromatic heterocycles. The molecule has 1 aliphatic heterocycles. The van der Waals surface area contributed by atoms with Crippen molar-refractivity contribution in [3.05, 3.63) is 28.8 Å². The topological polar surface area (TPSA) is 82.9 Å². The first-order chi connectivity index (χ1) is 10.8. The first-order valence-corrected chi connectivity index (χ1v) is 8.23. The summed E-state index contributed by atoms with van der Waals surface area (Å²) < 4.78 is 0. The molecule has 23 heavy (non-hydrogen) atoms. The molecule has 1 fully saturated rings. The van der Waals surface area contributed by atoms with E-state index in [0.717, 1.165) is 11.3 Å². The third-order valence-electron chi connectivity index (χ3n) is 2.96. The Morgan fingerprint density at radius 1 is 1.43 bits per heavy atom. The van der Waals surface area contributed by atoms with Crippen LogP contribution in [0.2, 0.25) is 5.02 Å². The molecule has 1 aliphatic rings. The van der Waals surface area contributed by atoms with Crippen LogP contribution in [-0.2, 0) is 9.59 Å². The van der Waals surface area contributed by atoms with E-state index in [1.807, 2.05) is 26.8 Å². The number of benzene rings is 1. The number of aryl methyl sites for hydroxylation is 1. The molecule has 1 aromatic carbocycles. The van der Waals surface area contributed by atoms with Crippen molar-refractivity contribution in [1.82, 2.24) is 5.32 Å². The molecule has 1 atom stereocenters. The van der Waals surface area contributed by atoms with Gasteiger partial charge < -0.3 is 10.6 Å². The van der Waals surface area contributed by atoms with Gasteiger partial charge in [0.1, 0.15) is 5.25 Å². The summed E-state index contributed by atoms with van der Waals surface area (Å²) in [6.07, 6.45) is 0.0519. The van der Waals surface area contributed by atoms with Crippen LogP contribution in [-0.4, -0.2) is 27.9 Å². The van der Waals surface area contributed by atoms with E-state index in [1.54, 1.807) is 12.1 Å². The molecule has 1 aromatic rings. The van der Waals surface area contributed by atoms with Crippen LogP contribution >= 0.6 is 23.4 Å². The van der Waals surface area contributed by atoms with Crippen LogP contribution in [0.3, 0.4) is 0 Å². The quantitative estimate of drug-likeness (QED) is 0.645. The number of nitrogens with one attached hydrogen (secondary N) is 2. The van der Waals surface area contributed by atoms with Crippen molar-refractivity contribution < 1.29 is 9.59 Å². The largest absolute Gasteiger partial charge is 0.326 e. The first-order valence-electron chi connectivity index (χ1n) is 6.97. The molecule has 1 saturated heterocycles. The van der Waals surface area contributed by atoms with E-state index in [2.05, 4.69) is 20.8 Å². The van der Waals surface area contributed by atoms with Gasteiger partial charge in [-0.25, -0.2) is 0 Å². The number of amidine groups is 1. The van der Waals surface area contributed by atoms with E-state index in [9.17, 15) is 9.59 Å².